The van der Waals surface area contributed by atoms with Crippen molar-refractivity contribution >= 4 is 11.8 Å². The summed E-state index contributed by atoms with van der Waals surface area (Å²) >= 11 is 1.43. The van der Waals surface area contributed by atoms with Gasteiger partial charge in [-0.05, 0) is 11.6 Å². The summed E-state index contributed by atoms with van der Waals surface area (Å²) in [6.45, 7) is 6.20. The molecule has 0 fully saturated rings. The van der Waals surface area contributed by atoms with Crippen molar-refractivity contribution in [2.45, 2.75) is 37.1 Å². The van der Waals surface area contributed by atoms with Gasteiger partial charge in [0.15, 0.2) is 0 Å². The summed E-state index contributed by atoms with van der Waals surface area (Å²) < 4.78 is 13.4. The fourth-order valence-corrected chi connectivity index (χ4v) is 2.19. The van der Waals surface area contributed by atoms with Crippen molar-refractivity contribution in [3.63, 3.8) is 0 Å². The number of nitrogens with zero attached hydrogens (tertiary/aromatic N) is 2. The highest BCUT2D eigenvalue weighted by Crippen LogP contribution is 2.24. The molecule has 0 aliphatic carbocycles. The summed E-state index contributed by atoms with van der Waals surface area (Å²) in [5.74, 6) is 1.20. The molecule has 2 aromatic rings. The van der Waals surface area contributed by atoms with E-state index in [1.165, 1.54) is 17.8 Å². The summed E-state index contributed by atoms with van der Waals surface area (Å²) in [4.78, 5) is 4.40. The van der Waals surface area contributed by atoms with Crippen molar-refractivity contribution in [1.29, 1.82) is 0 Å². The number of aromatic nitrogens is 3. The monoisotopic (exact) mass is 265 g/mol. The molecule has 3 nitrogen and oxygen atoms in total. The Balaban J connectivity index is 2.03. The van der Waals surface area contributed by atoms with Crippen molar-refractivity contribution < 1.29 is 4.39 Å². The highest BCUT2D eigenvalue weighted by atomic mass is 32.2. The molecule has 1 aromatic carbocycles. The molecule has 96 valence electrons. The molecule has 1 N–H and O–H groups in total. The third kappa shape index (κ3) is 3.10. The van der Waals surface area contributed by atoms with Gasteiger partial charge in [0.2, 0.25) is 5.16 Å². The van der Waals surface area contributed by atoms with E-state index >= 15 is 0 Å². The summed E-state index contributed by atoms with van der Waals surface area (Å²) in [5.41, 5.74) is 0.619. The highest BCUT2D eigenvalue weighted by molar-refractivity contribution is 7.98. The van der Waals surface area contributed by atoms with E-state index in [1.54, 1.807) is 12.1 Å². The van der Waals surface area contributed by atoms with Crippen LogP contribution in [0.15, 0.2) is 29.4 Å². The molecule has 2 rings (SSSR count). The van der Waals surface area contributed by atoms with Crippen LogP contribution in [0.25, 0.3) is 0 Å². The van der Waals surface area contributed by atoms with Gasteiger partial charge in [0.1, 0.15) is 11.6 Å². The number of aromatic amines is 1. The third-order valence-electron chi connectivity index (χ3n) is 2.49. The molecule has 0 atom stereocenters. The number of thioether (sulfide) groups is 1. The Morgan fingerprint density at radius 1 is 1.28 bits per heavy atom. The van der Waals surface area contributed by atoms with Gasteiger partial charge in [-0.1, -0.05) is 50.7 Å². The number of benzene rings is 1. The Morgan fingerprint density at radius 2 is 2.00 bits per heavy atom. The SMILES string of the molecule is CC(C)(C)c1nc(SCc2ccccc2F)n[nH]1. The second kappa shape index (κ2) is 5.10. The van der Waals surface area contributed by atoms with Gasteiger partial charge in [-0.25, -0.2) is 9.37 Å². The molecule has 0 unspecified atom stereocenters. The highest BCUT2D eigenvalue weighted by Gasteiger charge is 2.18. The number of hydrogen-bond acceptors (Lipinski definition) is 3. The lowest BCUT2D eigenvalue weighted by atomic mass is 9.96. The zero-order valence-corrected chi connectivity index (χ0v) is 11.5. The molecule has 5 heteroatoms. The van der Waals surface area contributed by atoms with E-state index in [4.69, 9.17) is 0 Å². The lowest BCUT2D eigenvalue weighted by molar-refractivity contribution is 0.547. The van der Waals surface area contributed by atoms with E-state index in [2.05, 4.69) is 36.0 Å². The number of halogens is 1. The topological polar surface area (TPSA) is 41.6 Å². The molecule has 0 radical (unpaired) electrons. The van der Waals surface area contributed by atoms with Crippen LogP contribution in [0.2, 0.25) is 0 Å². The standard InChI is InChI=1S/C13H16FN3S/c1-13(2,3)11-15-12(17-16-11)18-8-9-6-4-5-7-10(9)14/h4-7H,8H2,1-3H3,(H,15,16,17). The first-order valence-corrected chi connectivity index (χ1v) is 6.74. The van der Waals surface area contributed by atoms with E-state index < -0.39 is 0 Å². The van der Waals surface area contributed by atoms with Crippen molar-refractivity contribution in [1.82, 2.24) is 15.2 Å². The maximum Gasteiger partial charge on any atom is 0.208 e. The Hall–Kier alpha value is -1.36. The van der Waals surface area contributed by atoms with Crippen molar-refractivity contribution in [2.24, 2.45) is 0 Å². The van der Waals surface area contributed by atoms with Crippen LogP contribution in [0.5, 0.6) is 0 Å². The minimum absolute atomic E-state index is 0.0518. The molecule has 0 bridgehead atoms. The third-order valence-corrected chi connectivity index (χ3v) is 3.39. The van der Waals surface area contributed by atoms with Gasteiger partial charge in [0, 0.05) is 11.2 Å². The molecule has 1 heterocycles. The lowest BCUT2D eigenvalue weighted by Gasteiger charge is -2.12. The minimum Gasteiger partial charge on any atom is -0.262 e. The zero-order valence-electron chi connectivity index (χ0n) is 10.7. The maximum absolute atomic E-state index is 13.4. The first-order chi connectivity index (χ1) is 8.47. The summed E-state index contributed by atoms with van der Waals surface area (Å²) in [7, 11) is 0. The molecule has 18 heavy (non-hydrogen) atoms. The van der Waals surface area contributed by atoms with Gasteiger partial charge in [-0.2, -0.15) is 0 Å². The van der Waals surface area contributed by atoms with E-state index in [1.807, 2.05) is 6.07 Å². The lowest BCUT2D eigenvalue weighted by Crippen LogP contribution is -2.13. The number of hydrogen-bond donors (Lipinski definition) is 1. The molecule has 1 aromatic heterocycles. The molecule has 0 aliphatic heterocycles. The van der Waals surface area contributed by atoms with Crippen LogP contribution in [-0.2, 0) is 11.2 Å². The van der Waals surface area contributed by atoms with Crippen LogP contribution >= 0.6 is 11.8 Å². The first-order valence-electron chi connectivity index (χ1n) is 5.76. The second-order valence-electron chi connectivity index (χ2n) is 5.10. The van der Waals surface area contributed by atoms with Gasteiger partial charge in [0.25, 0.3) is 0 Å². The Bertz CT molecular complexity index is 531. The second-order valence-corrected chi connectivity index (χ2v) is 6.04. The Morgan fingerprint density at radius 3 is 2.61 bits per heavy atom. The quantitative estimate of drug-likeness (QED) is 0.863. The molecule has 0 aliphatic rings. The van der Waals surface area contributed by atoms with Crippen LogP contribution in [-0.4, -0.2) is 15.2 Å². The van der Waals surface area contributed by atoms with Crippen LogP contribution in [0.1, 0.15) is 32.2 Å². The van der Waals surface area contributed by atoms with Gasteiger partial charge in [-0.3, -0.25) is 5.10 Å². The summed E-state index contributed by atoms with van der Waals surface area (Å²) in [6, 6.07) is 6.76. The maximum atomic E-state index is 13.4. The molecule has 0 amide bonds. The van der Waals surface area contributed by atoms with Crippen molar-refractivity contribution in [3.05, 3.63) is 41.5 Å². The van der Waals surface area contributed by atoms with E-state index in [0.717, 1.165) is 5.82 Å². The number of H-pyrrole nitrogens is 1. The van der Waals surface area contributed by atoms with Crippen LogP contribution in [0, 0.1) is 5.82 Å². The van der Waals surface area contributed by atoms with E-state index in [-0.39, 0.29) is 11.2 Å². The largest absolute Gasteiger partial charge is 0.262 e. The van der Waals surface area contributed by atoms with Gasteiger partial charge in [-0.15, -0.1) is 5.10 Å². The molecular weight excluding hydrogens is 249 g/mol. The molecule has 0 saturated heterocycles. The van der Waals surface area contributed by atoms with E-state index in [0.29, 0.717) is 16.5 Å². The molecular formula is C13H16FN3S. The normalized spacial score (nSPS) is 11.8. The fraction of sp³-hybridized carbons (Fsp3) is 0.385. The van der Waals surface area contributed by atoms with Crippen LogP contribution in [0.3, 0.4) is 0 Å². The van der Waals surface area contributed by atoms with E-state index in [9.17, 15) is 4.39 Å². The minimum atomic E-state index is -0.184. The van der Waals surface area contributed by atoms with Crippen LogP contribution < -0.4 is 0 Å². The summed E-state index contributed by atoms with van der Waals surface area (Å²) in [5, 5.41) is 7.71. The molecule has 0 spiro atoms. The Labute approximate surface area is 110 Å². The average Bonchev–Trinajstić information content (AvgIpc) is 2.76. The predicted octanol–water partition coefficient (Wildman–Crippen LogP) is 3.53. The fourth-order valence-electron chi connectivity index (χ4n) is 1.40. The predicted molar refractivity (Wildman–Crippen MR) is 71.0 cm³/mol. The average molecular weight is 265 g/mol. The van der Waals surface area contributed by atoms with Crippen LogP contribution in [0.4, 0.5) is 4.39 Å². The smallest absolute Gasteiger partial charge is 0.208 e. The van der Waals surface area contributed by atoms with Crippen molar-refractivity contribution in [3.8, 4) is 0 Å². The van der Waals surface area contributed by atoms with Gasteiger partial charge in [0.05, 0.1) is 0 Å². The Kier molecular flexibility index (Phi) is 3.71. The number of nitrogens with one attached hydrogen (secondary N) is 1. The summed E-state index contributed by atoms with van der Waals surface area (Å²) in [6.07, 6.45) is 0. The van der Waals surface area contributed by atoms with Crippen molar-refractivity contribution in [2.75, 3.05) is 0 Å². The van der Waals surface area contributed by atoms with Gasteiger partial charge >= 0.3 is 0 Å². The first kappa shape index (κ1) is 13.1. The molecule has 0 saturated carbocycles. The zero-order chi connectivity index (χ0) is 13.2. The number of rotatable bonds is 3. The van der Waals surface area contributed by atoms with Gasteiger partial charge < -0.3 is 0 Å².